The summed E-state index contributed by atoms with van der Waals surface area (Å²) in [4.78, 5) is 12.5. The van der Waals surface area contributed by atoms with Crippen LogP contribution in [-0.2, 0) is 9.22 Å². The predicted octanol–water partition coefficient (Wildman–Crippen LogP) is 5.35. The molecule has 0 heterocycles. The minimum atomic E-state index is -1.78. The van der Waals surface area contributed by atoms with E-state index in [0.717, 1.165) is 19.3 Å². The van der Waals surface area contributed by atoms with Crippen molar-refractivity contribution in [3.05, 3.63) is 12.2 Å². The summed E-state index contributed by atoms with van der Waals surface area (Å²) >= 11 is 0. The van der Waals surface area contributed by atoms with E-state index in [1.807, 2.05) is 6.08 Å². The van der Waals surface area contributed by atoms with Gasteiger partial charge in [-0.25, -0.2) is 0 Å². The lowest BCUT2D eigenvalue weighted by molar-refractivity contribution is -0.142. The lowest BCUT2D eigenvalue weighted by atomic mass is 9.51. The van der Waals surface area contributed by atoms with E-state index < -0.39 is 8.32 Å². The predicted molar refractivity (Wildman–Crippen MR) is 95.4 cm³/mol. The summed E-state index contributed by atoms with van der Waals surface area (Å²) in [5, 5.41) is 0.228. The van der Waals surface area contributed by atoms with Gasteiger partial charge in [-0.3, -0.25) is 4.79 Å². The molecule has 0 aromatic carbocycles. The van der Waals surface area contributed by atoms with Gasteiger partial charge in [-0.2, -0.15) is 0 Å². The summed E-state index contributed by atoms with van der Waals surface area (Å²) in [5.74, 6) is 0.712. The summed E-state index contributed by atoms with van der Waals surface area (Å²) in [6, 6.07) is 0. The molecule has 0 amide bonds. The Balaban J connectivity index is 2.28. The minimum absolute atomic E-state index is 0.0446. The van der Waals surface area contributed by atoms with Gasteiger partial charge >= 0.3 is 0 Å². The first kappa shape index (κ1) is 17.9. The Hall–Kier alpha value is -0.413. The van der Waals surface area contributed by atoms with E-state index in [0.29, 0.717) is 11.7 Å². The molecule has 0 aromatic rings. The average Bonchev–Trinajstić information content (AvgIpc) is 2.34. The molecule has 1 saturated carbocycles. The van der Waals surface area contributed by atoms with Crippen LogP contribution in [0.2, 0.25) is 18.1 Å². The van der Waals surface area contributed by atoms with Gasteiger partial charge in [0.2, 0.25) is 0 Å². The van der Waals surface area contributed by atoms with Crippen LogP contribution in [0.3, 0.4) is 0 Å². The standard InChI is InChI=1S/C19H34O2Si/c1-17(2,3)22(7,8)21-16-12-13-19(6)14(18(16,4)5)10-9-11-15(19)20/h9,11,14,16H,10,12-13H2,1-8H3/t14-,16+,19-/m0/s1. The first-order valence-corrected chi connectivity index (χ1v) is 11.6. The van der Waals surface area contributed by atoms with Gasteiger partial charge in [0.1, 0.15) is 0 Å². The van der Waals surface area contributed by atoms with Crippen molar-refractivity contribution < 1.29 is 9.22 Å². The van der Waals surface area contributed by atoms with Crippen molar-refractivity contribution >= 4 is 14.1 Å². The Morgan fingerprint density at radius 1 is 1.23 bits per heavy atom. The Bertz CT molecular complexity index is 484. The molecule has 3 heteroatoms. The fourth-order valence-electron chi connectivity index (χ4n) is 4.13. The van der Waals surface area contributed by atoms with Gasteiger partial charge < -0.3 is 4.43 Å². The highest BCUT2D eigenvalue weighted by Gasteiger charge is 2.56. The molecule has 3 atom stereocenters. The zero-order valence-corrected chi connectivity index (χ0v) is 16.7. The molecule has 2 nitrogen and oxygen atoms in total. The van der Waals surface area contributed by atoms with Gasteiger partial charge in [-0.05, 0) is 54.8 Å². The average molecular weight is 323 g/mol. The Morgan fingerprint density at radius 2 is 1.82 bits per heavy atom. The van der Waals surface area contributed by atoms with Crippen LogP contribution in [0.5, 0.6) is 0 Å². The highest BCUT2D eigenvalue weighted by Crippen LogP contribution is 2.56. The molecule has 22 heavy (non-hydrogen) atoms. The highest BCUT2D eigenvalue weighted by atomic mass is 28.4. The van der Waals surface area contributed by atoms with Gasteiger partial charge in [0.05, 0.1) is 6.10 Å². The van der Waals surface area contributed by atoms with Crippen molar-refractivity contribution in [3.8, 4) is 0 Å². The monoisotopic (exact) mass is 322 g/mol. The number of rotatable bonds is 2. The van der Waals surface area contributed by atoms with Crippen molar-refractivity contribution in [3.63, 3.8) is 0 Å². The maximum atomic E-state index is 12.5. The third-order valence-corrected chi connectivity index (χ3v) is 11.4. The van der Waals surface area contributed by atoms with E-state index in [9.17, 15) is 4.79 Å². The summed E-state index contributed by atoms with van der Waals surface area (Å²) in [6.07, 6.45) is 7.13. The van der Waals surface area contributed by atoms with Gasteiger partial charge in [-0.15, -0.1) is 0 Å². The number of ketones is 1. The van der Waals surface area contributed by atoms with Crippen molar-refractivity contribution in [2.45, 2.75) is 85.0 Å². The first-order chi connectivity index (χ1) is 9.82. The van der Waals surface area contributed by atoms with E-state index in [-0.39, 0.29) is 22.0 Å². The van der Waals surface area contributed by atoms with E-state index in [2.05, 4.69) is 60.7 Å². The van der Waals surface area contributed by atoms with Crippen LogP contribution < -0.4 is 0 Å². The maximum absolute atomic E-state index is 12.5. The molecular formula is C19H34O2Si. The van der Waals surface area contributed by atoms with Gasteiger partial charge in [-0.1, -0.05) is 47.6 Å². The van der Waals surface area contributed by atoms with Gasteiger partial charge in [0.15, 0.2) is 14.1 Å². The molecule has 0 aromatic heterocycles. The van der Waals surface area contributed by atoms with Crippen LogP contribution in [0.4, 0.5) is 0 Å². The molecule has 0 spiro atoms. The molecule has 2 rings (SSSR count). The second kappa shape index (κ2) is 5.30. The zero-order valence-electron chi connectivity index (χ0n) is 15.7. The Kier molecular flexibility index (Phi) is 4.32. The highest BCUT2D eigenvalue weighted by molar-refractivity contribution is 6.74. The third-order valence-electron chi connectivity index (χ3n) is 6.87. The van der Waals surface area contributed by atoms with Crippen LogP contribution in [0.25, 0.3) is 0 Å². The van der Waals surface area contributed by atoms with E-state index in [1.165, 1.54) is 0 Å². The molecule has 0 saturated heterocycles. The van der Waals surface area contributed by atoms with Crippen molar-refractivity contribution in [1.82, 2.24) is 0 Å². The smallest absolute Gasteiger partial charge is 0.192 e. The number of fused-ring (bicyclic) bond motifs is 1. The topological polar surface area (TPSA) is 26.3 Å². The van der Waals surface area contributed by atoms with Crippen LogP contribution >= 0.6 is 0 Å². The number of carbonyl (C=O) groups excluding carboxylic acids is 1. The van der Waals surface area contributed by atoms with Crippen molar-refractivity contribution in [1.29, 1.82) is 0 Å². The van der Waals surface area contributed by atoms with Gasteiger partial charge in [0, 0.05) is 5.41 Å². The fraction of sp³-hybridized carbons (Fsp3) is 0.842. The summed E-state index contributed by atoms with van der Waals surface area (Å²) in [6.45, 7) is 18.4. The van der Waals surface area contributed by atoms with Crippen LogP contribution in [-0.4, -0.2) is 20.2 Å². The quantitative estimate of drug-likeness (QED) is 0.641. The summed E-state index contributed by atoms with van der Waals surface area (Å²) in [5.41, 5.74) is -0.144. The normalized spacial score (nSPS) is 35.4. The number of carbonyl (C=O) groups is 1. The van der Waals surface area contributed by atoms with Crippen LogP contribution in [0.15, 0.2) is 12.2 Å². The molecule has 0 bridgehead atoms. The summed E-state index contributed by atoms with van der Waals surface area (Å²) in [7, 11) is -1.78. The van der Waals surface area contributed by atoms with E-state index >= 15 is 0 Å². The second-order valence-electron chi connectivity index (χ2n) is 9.70. The lowest BCUT2D eigenvalue weighted by Crippen LogP contribution is -2.57. The molecule has 1 fully saturated rings. The van der Waals surface area contributed by atoms with E-state index in [1.54, 1.807) is 0 Å². The zero-order chi connectivity index (χ0) is 17.0. The number of hydrogen-bond donors (Lipinski definition) is 0. The molecular weight excluding hydrogens is 288 g/mol. The molecule has 0 radical (unpaired) electrons. The fourth-order valence-corrected chi connectivity index (χ4v) is 5.61. The van der Waals surface area contributed by atoms with Gasteiger partial charge in [0.25, 0.3) is 0 Å². The molecule has 2 aliphatic rings. The molecule has 0 N–H and O–H groups in total. The largest absolute Gasteiger partial charge is 0.413 e. The molecule has 2 aliphatic carbocycles. The second-order valence-corrected chi connectivity index (χ2v) is 14.5. The molecule has 126 valence electrons. The number of allylic oxidation sites excluding steroid dienone is 2. The first-order valence-electron chi connectivity index (χ1n) is 8.71. The van der Waals surface area contributed by atoms with Crippen LogP contribution in [0, 0.1) is 16.7 Å². The third kappa shape index (κ3) is 2.75. The van der Waals surface area contributed by atoms with E-state index in [4.69, 9.17) is 4.43 Å². The Morgan fingerprint density at radius 3 is 2.36 bits per heavy atom. The minimum Gasteiger partial charge on any atom is -0.413 e. The molecule has 0 aliphatic heterocycles. The Labute approximate surface area is 137 Å². The SMILES string of the molecule is CC1(C)[C@H](O[Si](C)(C)C(C)(C)C)CC[C@]2(C)C(=O)C=CC[C@@H]12. The lowest BCUT2D eigenvalue weighted by Gasteiger charge is -2.56. The van der Waals surface area contributed by atoms with Crippen molar-refractivity contribution in [2.24, 2.45) is 16.7 Å². The maximum Gasteiger partial charge on any atom is 0.192 e. The summed E-state index contributed by atoms with van der Waals surface area (Å²) < 4.78 is 6.79. The van der Waals surface area contributed by atoms with Crippen LogP contribution in [0.1, 0.15) is 60.8 Å². The van der Waals surface area contributed by atoms with Crippen molar-refractivity contribution in [2.75, 3.05) is 0 Å². The molecule has 0 unspecified atom stereocenters. The number of hydrogen-bond acceptors (Lipinski definition) is 2.